The number of halogens is 1. The molecule has 25 heavy (non-hydrogen) atoms. The van der Waals surface area contributed by atoms with Gasteiger partial charge in [0.1, 0.15) is 23.7 Å². The van der Waals surface area contributed by atoms with Gasteiger partial charge >= 0.3 is 5.97 Å². The molecule has 0 radical (unpaired) electrons. The van der Waals surface area contributed by atoms with Crippen LogP contribution in [0, 0.1) is 5.82 Å². The highest BCUT2D eigenvalue weighted by Gasteiger charge is 2.35. The van der Waals surface area contributed by atoms with Gasteiger partial charge in [0, 0.05) is 18.7 Å². The Morgan fingerprint density at radius 2 is 1.84 bits per heavy atom. The quantitative estimate of drug-likeness (QED) is 0.872. The van der Waals surface area contributed by atoms with E-state index in [4.69, 9.17) is 4.74 Å². The normalized spacial score (nSPS) is 11.0. The first kappa shape index (κ1) is 18.4. The van der Waals surface area contributed by atoms with Crippen LogP contribution in [-0.2, 0) is 11.4 Å². The highest BCUT2D eigenvalue weighted by atomic mass is 19.1. The lowest BCUT2D eigenvalue weighted by atomic mass is 10.0. The summed E-state index contributed by atoms with van der Waals surface area (Å²) in [6.45, 7) is 3.09. The van der Waals surface area contributed by atoms with Crippen molar-refractivity contribution in [2.24, 2.45) is 0 Å². The van der Waals surface area contributed by atoms with Crippen LogP contribution < -0.4 is 4.74 Å². The number of carbonyl (C=O) groups is 2. The van der Waals surface area contributed by atoms with Gasteiger partial charge in [0.05, 0.1) is 0 Å². The van der Waals surface area contributed by atoms with Crippen LogP contribution in [0.1, 0.15) is 29.8 Å². The first-order valence-electron chi connectivity index (χ1n) is 7.70. The highest BCUT2D eigenvalue weighted by Crippen LogP contribution is 2.18. The van der Waals surface area contributed by atoms with Gasteiger partial charge in [0.25, 0.3) is 5.91 Å². The molecule has 0 bridgehead atoms. The van der Waals surface area contributed by atoms with Gasteiger partial charge in [0.2, 0.25) is 0 Å². The Kier molecular flexibility index (Phi) is 5.41. The van der Waals surface area contributed by atoms with Crippen molar-refractivity contribution in [3.05, 3.63) is 65.5 Å². The molecule has 2 rings (SSSR count). The van der Waals surface area contributed by atoms with Crippen LogP contribution in [0.25, 0.3) is 0 Å². The Morgan fingerprint density at radius 3 is 2.48 bits per heavy atom. The van der Waals surface area contributed by atoms with Crippen molar-refractivity contribution in [2.45, 2.75) is 26.0 Å². The zero-order chi connectivity index (χ0) is 18.6. The molecule has 0 saturated heterocycles. The molecule has 0 saturated carbocycles. The van der Waals surface area contributed by atoms with Crippen molar-refractivity contribution < 1.29 is 23.8 Å². The van der Waals surface area contributed by atoms with Crippen molar-refractivity contribution in [1.82, 2.24) is 4.90 Å². The molecule has 0 aromatic heterocycles. The maximum Gasteiger partial charge on any atom is 0.329 e. The minimum Gasteiger partial charge on any atom is -0.489 e. The predicted octanol–water partition coefficient (Wildman–Crippen LogP) is 3.34. The van der Waals surface area contributed by atoms with Gasteiger partial charge in [0.15, 0.2) is 0 Å². The molecule has 1 N–H and O–H groups in total. The number of aliphatic carboxylic acids is 1. The third-order valence-corrected chi connectivity index (χ3v) is 4.04. The molecular formula is C19H20FNO4. The molecular weight excluding hydrogens is 325 g/mol. The van der Waals surface area contributed by atoms with E-state index in [9.17, 15) is 19.1 Å². The lowest BCUT2D eigenvalue weighted by Crippen LogP contribution is -2.50. The van der Waals surface area contributed by atoms with Crippen molar-refractivity contribution in [2.75, 3.05) is 7.05 Å². The number of rotatable bonds is 6. The molecule has 0 atom stereocenters. The van der Waals surface area contributed by atoms with Crippen LogP contribution in [0.5, 0.6) is 5.75 Å². The number of ether oxygens (including phenoxy) is 1. The number of carboxylic acids is 1. The van der Waals surface area contributed by atoms with Gasteiger partial charge in [-0.1, -0.05) is 18.2 Å². The number of carboxylic acid groups (broad SMARTS) is 1. The van der Waals surface area contributed by atoms with E-state index in [1.54, 1.807) is 36.4 Å². The van der Waals surface area contributed by atoms with E-state index in [1.807, 2.05) is 0 Å². The maximum absolute atomic E-state index is 13.2. The van der Waals surface area contributed by atoms with Gasteiger partial charge in [-0.2, -0.15) is 0 Å². The smallest absolute Gasteiger partial charge is 0.329 e. The SMILES string of the molecule is CN(C(=O)c1cccc(COc2cccc(F)c2)c1)C(C)(C)C(=O)O. The number of nitrogens with zero attached hydrogens (tertiary/aromatic N) is 1. The van der Waals surface area contributed by atoms with Crippen LogP contribution >= 0.6 is 0 Å². The second-order valence-electron chi connectivity index (χ2n) is 6.17. The Bertz CT molecular complexity index is 788. The zero-order valence-electron chi connectivity index (χ0n) is 14.3. The minimum atomic E-state index is -1.33. The topological polar surface area (TPSA) is 66.8 Å². The second-order valence-corrected chi connectivity index (χ2v) is 6.17. The number of carbonyl (C=O) groups excluding carboxylic acids is 1. The van der Waals surface area contributed by atoms with E-state index in [2.05, 4.69) is 0 Å². The third-order valence-electron chi connectivity index (χ3n) is 4.04. The van der Waals surface area contributed by atoms with E-state index in [1.165, 1.54) is 37.9 Å². The molecule has 0 aliphatic heterocycles. The molecule has 6 heteroatoms. The molecule has 0 heterocycles. The standard InChI is InChI=1S/C19H20FNO4/c1-19(2,18(23)24)21(3)17(22)14-7-4-6-13(10-14)12-25-16-9-5-8-15(20)11-16/h4-11H,12H2,1-3H3,(H,23,24). The molecule has 0 spiro atoms. The van der Waals surface area contributed by atoms with Gasteiger partial charge in [-0.25, -0.2) is 9.18 Å². The summed E-state index contributed by atoms with van der Waals surface area (Å²) >= 11 is 0. The fourth-order valence-electron chi connectivity index (χ4n) is 2.11. The predicted molar refractivity (Wildman–Crippen MR) is 91.0 cm³/mol. The van der Waals surface area contributed by atoms with Gasteiger partial charge < -0.3 is 14.7 Å². The summed E-state index contributed by atoms with van der Waals surface area (Å²) in [5.41, 5.74) is -0.251. The summed E-state index contributed by atoms with van der Waals surface area (Å²) < 4.78 is 18.7. The van der Waals surface area contributed by atoms with E-state index < -0.39 is 17.4 Å². The molecule has 0 aliphatic rings. The molecule has 1 amide bonds. The van der Waals surface area contributed by atoms with E-state index in [0.29, 0.717) is 11.3 Å². The van der Waals surface area contributed by atoms with Crippen LogP contribution in [0.2, 0.25) is 0 Å². The summed E-state index contributed by atoms with van der Waals surface area (Å²) in [5, 5.41) is 9.25. The lowest BCUT2D eigenvalue weighted by Gasteiger charge is -2.31. The number of amides is 1. The first-order valence-corrected chi connectivity index (χ1v) is 7.70. The summed E-state index contributed by atoms with van der Waals surface area (Å²) in [5.74, 6) is -1.49. The molecule has 0 fully saturated rings. The molecule has 2 aromatic rings. The van der Waals surface area contributed by atoms with E-state index in [0.717, 1.165) is 5.56 Å². The Hall–Kier alpha value is -2.89. The van der Waals surface area contributed by atoms with Crippen molar-refractivity contribution in [3.8, 4) is 5.75 Å². The average Bonchev–Trinajstić information content (AvgIpc) is 2.58. The van der Waals surface area contributed by atoms with E-state index in [-0.39, 0.29) is 12.4 Å². The Morgan fingerprint density at radius 1 is 1.16 bits per heavy atom. The maximum atomic E-state index is 13.2. The van der Waals surface area contributed by atoms with Crippen LogP contribution in [0.4, 0.5) is 4.39 Å². The molecule has 2 aromatic carbocycles. The fraction of sp³-hybridized carbons (Fsp3) is 0.263. The van der Waals surface area contributed by atoms with Gasteiger partial charge in [-0.3, -0.25) is 4.79 Å². The van der Waals surface area contributed by atoms with Gasteiger partial charge in [-0.15, -0.1) is 0 Å². The number of likely N-dealkylation sites (N-methyl/N-ethyl adjacent to an activating group) is 1. The Labute approximate surface area is 145 Å². The summed E-state index contributed by atoms with van der Waals surface area (Å²) in [7, 11) is 1.45. The number of hydrogen-bond donors (Lipinski definition) is 1. The largest absolute Gasteiger partial charge is 0.489 e. The minimum absolute atomic E-state index is 0.163. The second kappa shape index (κ2) is 7.34. The van der Waals surface area contributed by atoms with E-state index >= 15 is 0 Å². The fourth-order valence-corrected chi connectivity index (χ4v) is 2.11. The summed E-state index contributed by atoms with van der Waals surface area (Å²) in [6, 6.07) is 12.5. The van der Waals surface area contributed by atoms with Crippen LogP contribution in [0.3, 0.4) is 0 Å². The van der Waals surface area contributed by atoms with Crippen molar-refractivity contribution >= 4 is 11.9 Å². The average molecular weight is 345 g/mol. The summed E-state index contributed by atoms with van der Waals surface area (Å²) in [6.07, 6.45) is 0. The van der Waals surface area contributed by atoms with Crippen molar-refractivity contribution in [1.29, 1.82) is 0 Å². The monoisotopic (exact) mass is 345 g/mol. The lowest BCUT2D eigenvalue weighted by molar-refractivity contribution is -0.147. The molecule has 0 aliphatic carbocycles. The first-order chi connectivity index (χ1) is 11.7. The molecule has 5 nitrogen and oxygen atoms in total. The molecule has 132 valence electrons. The zero-order valence-corrected chi connectivity index (χ0v) is 14.3. The number of hydrogen-bond acceptors (Lipinski definition) is 3. The molecule has 0 unspecified atom stereocenters. The van der Waals surface area contributed by atoms with Crippen LogP contribution in [-0.4, -0.2) is 34.5 Å². The van der Waals surface area contributed by atoms with Gasteiger partial charge in [-0.05, 0) is 43.7 Å². The van der Waals surface area contributed by atoms with Crippen LogP contribution in [0.15, 0.2) is 48.5 Å². The highest BCUT2D eigenvalue weighted by molar-refractivity contribution is 5.97. The third kappa shape index (κ3) is 4.35. The van der Waals surface area contributed by atoms with Crippen molar-refractivity contribution in [3.63, 3.8) is 0 Å². The number of benzene rings is 2. The summed E-state index contributed by atoms with van der Waals surface area (Å²) in [4.78, 5) is 25.0. The Balaban J connectivity index is 2.13.